The zero-order valence-corrected chi connectivity index (χ0v) is 12.9. The number of pyridine rings is 1. The summed E-state index contributed by atoms with van der Waals surface area (Å²) in [7, 11) is 0. The van der Waals surface area contributed by atoms with Crippen molar-refractivity contribution in [3.8, 4) is 0 Å². The molecule has 0 atom stereocenters. The van der Waals surface area contributed by atoms with Crippen LogP contribution in [0.2, 0.25) is 5.02 Å². The molecular weight excluding hydrogens is 300 g/mol. The van der Waals surface area contributed by atoms with Crippen LogP contribution in [0.4, 0.5) is 11.5 Å². The van der Waals surface area contributed by atoms with Gasteiger partial charge in [-0.05, 0) is 42.8 Å². The maximum absolute atomic E-state index is 11.6. The van der Waals surface area contributed by atoms with Gasteiger partial charge in [0.25, 0.3) is 0 Å². The molecule has 116 valence electrons. The summed E-state index contributed by atoms with van der Waals surface area (Å²) in [5, 5.41) is 6.72. The molecule has 0 saturated heterocycles. The molecule has 0 saturated carbocycles. The molecule has 1 aromatic carbocycles. The smallest absolute Gasteiger partial charge is 0.224 e. The van der Waals surface area contributed by atoms with Crippen LogP contribution in [-0.2, 0) is 11.3 Å². The number of carbonyl (C=O) groups is 1. The lowest BCUT2D eigenvalue weighted by Gasteiger charge is -2.08. The molecule has 4 N–H and O–H groups in total. The summed E-state index contributed by atoms with van der Waals surface area (Å²) in [6.07, 6.45) is 2.73. The van der Waals surface area contributed by atoms with Gasteiger partial charge in [0.1, 0.15) is 5.82 Å². The normalized spacial score (nSPS) is 10.3. The molecule has 6 heteroatoms. The van der Waals surface area contributed by atoms with Gasteiger partial charge in [-0.1, -0.05) is 23.7 Å². The number of hydrogen-bond acceptors (Lipinski definition) is 4. The molecule has 0 fully saturated rings. The molecule has 0 spiro atoms. The van der Waals surface area contributed by atoms with E-state index in [1.807, 2.05) is 36.4 Å². The van der Waals surface area contributed by atoms with Crippen molar-refractivity contribution in [3.05, 3.63) is 53.2 Å². The third-order valence-corrected chi connectivity index (χ3v) is 3.29. The molecule has 0 radical (unpaired) electrons. The van der Waals surface area contributed by atoms with Gasteiger partial charge >= 0.3 is 0 Å². The zero-order valence-electron chi connectivity index (χ0n) is 12.2. The van der Waals surface area contributed by atoms with Crippen molar-refractivity contribution in [1.82, 2.24) is 4.98 Å². The summed E-state index contributed by atoms with van der Waals surface area (Å²) in [4.78, 5) is 15.8. The quantitative estimate of drug-likeness (QED) is 0.733. The van der Waals surface area contributed by atoms with E-state index in [4.69, 9.17) is 17.3 Å². The van der Waals surface area contributed by atoms with Crippen molar-refractivity contribution in [2.75, 3.05) is 17.2 Å². The van der Waals surface area contributed by atoms with Crippen molar-refractivity contribution < 1.29 is 4.79 Å². The van der Waals surface area contributed by atoms with Crippen LogP contribution in [-0.4, -0.2) is 17.4 Å². The average molecular weight is 319 g/mol. The van der Waals surface area contributed by atoms with Crippen molar-refractivity contribution >= 4 is 29.0 Å². The summed E-state index contributed by atoms with van der Waals surface area (Å²) < 4.78 is 0. The highest BCUT2D eigenvalue weighted by Crippen LogP contribution is 2.13. The Bertz CT molecular complexity index is 599. The molecule has 2 rings (SSSR count). The van der Waals surface area contributed by atoms with E-state index in [1.165, 1.54) is 0 Å². The molecule has 1 amide bonds. The highest BCUT2D eigenvalue weighted by molar-refractivity contribution is 6.30. The van der Waals surface area contributed by atoms with Gasteiger partial charge < -0.3 is 16.4 Å². The standard InChI is InChI=1S/C16H19ClN4O/c17-13-5-3-12(4-6-13)10-19-15-8-7-14(11-20-15)21-16(22)2-1-9-18/h3-8,11H,1-2,9-10,18H2,(H,19,20)(H,21,22). The Morgan fingerprint density at radius 3 is 2.59 bits per heavy atom. The van der Waals surface area contributed by atoms with E-state index in [0.29, 0.717) is 31.6 Å². The van der Waals surface area contributed by atoms with E-state index in [0.717, 1.165) is 16.4 Å². The summed E-state index contributed by atoms with van der Waals surface area (Å²) in [5.41, 5.74) is 7.17. The highest BCUT2D eigenvalue weighted by atomic mass is 35.5. The minimum absolute atomic E-state index is 0.0471. The molecule has 0 unspecified atom stereocenters. The van der Waals surface area contributed by atoms with Gasteiger partial charge in [0.15, 0.2) is 0 Å². The van der Waals surface area contributed by atoms with Crippen LogP contribution in [0.3, 0.4) is 0 Å². The highest BCUT2D eigenvalue weighted by Gasteiger charge is 2.02. The van der Waals surface area contributed by atoms with E-state index in [9.17, 15) is 4.79 Å². The third-order valence-electron chi connectivity index (χ3n) is 3.04. The van der Waals surface area contributed by atoms with Gasteiger partial charge in [0.2, 0.25) is 5.91 Å². The van der Waals surface area contributed by atoms with Crippen LogP contribution < -0.4 is 16.4 Å². The van der Waals surface area contributed by atoms with Crippen LogP contribution in [0.15, 0.2) is 42.6 Å². The van der Waals surface area contributed by atoms with Crippen molar-refractivity contribution in [2.24, 2.45) is 5.73 Å². The monoisotopic (exact) mass is 318 g/mol. The fourth-order valence-corrected chi connectivity index (χ4v) is 1.98. The number of amides is 1. The Hall–Kier alpha value is -2.11. The van der Waals surface area contributed by atoms with Crippen molar-refractivity contribution in [1.29, 1.82) is 0 Å². The van der Waals surface area contributed by atoms with E-state index in [-0.39, 0.29) is 5.91 Å². The second-order valence-corrected chi connectivity index (χ2v) is 5.29. The number of hydrogen-bond donors (Lipinski definition) is 3. The first kappa shape index (κ1) is 16.3. The first-order valence-corrected chi connectivity index (χ1v) is 7.49. The number of carbonyl (C=O) groups excluding carboxylic acids is 1. The lowest BCUT2D eigenvalue weighted by molar-refractivity contribution is -0.116. The van der Waals surface area contributed by atoms with Crippen LogP contribution in [0.5, 0.6) is 0 Å². The second kappa shape index (κ2) is 8.36. The summed E-state index contributed by atoms with van der Waals surface area (Å²) in [5.74, 6) is 0.698. The molecule has 0 aliphatic carbocycles. The second-order valence-electron chi connectivity index (χ2n) is 4.85. The maximum Gasteiger partial charge on any atom is 0.224 e. The van der Waals surface area contributed by atoms with Crippen LogP contribution in [0.1, 0.15) is 18.4 Å². The molecule has 1 heterocycles. The molecule has 2 aromatic rings. The number of nitrogens with one attached hydrogen (secondary N) is 2. The average Bonchev–Trinajstić information content (AvgIpc) is 2.54. The summed E-state index contributed by atoms with van der Waals surface area (Å²) >= 11 is 5.85. The number of nitrogens with two attached hydrogens (primary N) is 1. The Kier molecular flexibility index (Phi) is 6.18. The fourth-order valence-electron chi connectivity index (χ4n) is 1.85. The molecule has 1 aromatic heterocycles. The Labute approximate surface area is 134 Å². The van der Waals surface area contributed by atoms with Crippen LogP contribution in [0.25, 0.3) is 0 Å². The third kappa shape index (κ3) is 5.35. The zero-order chi connectivity index (χ0) is 15.8. The predicted molar refractivity (Wildman–Crippen MR) is 89.9 cm³/mol. The summed E-state index contributed by atoms with van der Waals surface area (Å²) in [6.45, 7) is 1.17. The molecule has 0 aliphatic heterocycles. The van der Waals surface area contributed by atoms with Gasteiger partial charge in [-0.25, -0.2) is 4.98 Å². The number of benzene rings is 1. The van der Waals surface area contributed by atoms with Crippen LogP contribution in [0, 0.1) is 0 Å². The van der Waals surface area contributed by atoms with E-state index >= 15 is 0 Å². The number of halogens is 1. The number of nitrogens with zero attached hydrogens (tertiary/aromatic N) is 1. The van der Waals surface area contributed by atoms with Crippen molar-refractivity contribution in [3.63, 3.8) is 0 Å². The van der Waals surface area contributed by atoms with E-state index in [1.54, 1.807) is 6.20 Å². The van der Waals surface area contributed by atoms with E-state index < -0.39 is 0 Å². The maximum atomic E-state index is 11.6. The lowest BCUT2D eigenvalue weighted by atomic mass is 10.2. The predicted octanol–water partition coefficient (Wildman–Crippen LogP) is 3.02. The van der Waals surface area contributed by atoms with Gasteiger partial charge in [0, 0.05) is 18.0 Å². The molecule has 5 nitrogen and oxygen atoms in total. The van der Waals surface area contributed by atoms with Gasteiger partial charge in [-0.2, -0.15) is 0 Å². The van der Waals surface area contributed by atoms with Gasteiger partial charge in [-0.3, -0.25) is 4.79 Å². The van der Waals surface area contributed by atoms with Gasteiger partial charge in [0.05, 0.1) is 11.9 Å². The topological polar surface area (TPSA) is 80.0 Å². The Balaban J connectivity index is 1.83. The first-order valence-electron chi connectivity index (χ1n) is 7.11. The lowest BCUT2D eigenvalue weighted by Crippen LogP contribution is -2.13. The largest absolute Gasteiger partial charge is 0.366 e. The Morgan fingerprint density at radius 2 is 1.95 bits per heavy atom. The first-order chi connectivity index (χ1) is 10.7. The van der Waals surface area contributed by atoms with Crippen molar-refractivity contribution in [2.45, 2.75) is 19.4 Å². The minimum atomic E-state index is -0.0471. The Morgan fingerprint density at radius 1 is 1.18 bits per heavy atom. The number of anilines is 2. The number of rotatable bonds is 7. The number of aromatic nitrogens is 1. The molecule has 0 aliphatic rings. The SMILES string of the molecule is NCCCC(=O)Nc1ccc(NCc2ccc(Cl)cc2)nc1. The minimum Gasteiger partial charge on any atom is -0.366 e. The molecule has 0 bridgehead atoms. The molecular formula is C16H19ClN4O. The molecule has 22 heavy (non-hydrogen) atoms. The summed E-state index contributed by atoms with van der Waals surface area (Å²) in [6, 6.07) is 11.3. The van der Waals surface area contributed by atoms with Gasteiger partial charge in [-0.15, -0.1) is 0 Å². The van der Waals surface area contributed by atoms with Crippen LogP contribution >= 0.6 is 11.6 Å². The van der Waals surface area contributed by atoms with E-state index in [2.05, 4.69) is 15.6 Å². The fraction of sp³-hybridized carbons (Fsp3) is 0.250.